The van der Waals surface area contributed by atoms with Crippen molar-refractivity contribution in [3.8, 4) is 0 Å². The number of carbonyl (C=O) groups is 2. The van der Waals surface area contributed by atoms with Crippen LogP contribution in [0.4, 0.5) is 18.0 Å². The van der Waals surface area contributed by atoms with Crippen LogP contribution in [-0.4, -0.2) is 53.2 Å². The van der Waals surface area contributed by atoms with Gasteiger partial charge >= 0.3 is 12.2 Å². The first kappa shape index (κ1) is 27.3. The Bertz CT molecular complexity index is 1300. The number of urea groups is 1. The Balaban J connectivity index is 1.45. The molecule has 2 aromatic rings. The van der Waals surface area contributed by atoms with Gasteiger partial charge in [-0.15, -0.1) is 0 Å². The second-order valence-electron chi connectivity index (χ2n) is 11.4. The number of halogens is 3. The van der Waals surface area contributed by atoms with Crippen LogP contribution in [0, 0.1) is 25.7 Å². The number of alkyl halides is 3. The van der Waals surface area contributed by atoms with Crippen molar-refractivity contribution in [1.82, 2.24) is 14.7 Å². The van der Waals surface area contributed by atoms with Crippen molar-refractivity contribution >= 4 is 11.8 Å². The molecule has 3 aliphatic rings. The van der Waals surface area contributed by atoms with Crippen molar-refractivity contribution < 1.29 is 22.8 Å². The largest absolute Gasteiger partial charge is 0.416 e. The molecule has 2 aliphatic heterocycles. The number of aryl methyl sites for hydroxylation is 2. The molecule has 2 aromatic carbocycles. The molecule has 2 heterocycles. The summed E-state index contributed by atoms with van der Waals surface area (Å²) >= 11 is 0. The lowest BCUT2D eigenvalue weighted by Crippen LogP contribution is -2.51. The number of nitrogens with zero attached hydrogens (tertiary/aromatic N) is 3. The zero-order valence-electron chi connectivity index (χ0n) is 23.0. The van der Waals surface area contributed by atoms with Crippen molar-refractivity contribution in [1.29, 1.82) is 0 Å². The minimum atomic E-state index is -4.45. The molecular weight excluding hydrogens is 503 g/mol. The average Bonchev–Trinajstić information content (AvgIpc) is 3.52. The van der Waals surface area contributed by atoms with Gasteiger partial charge in [0.15, 0.2) is 5.78 Å². The topological polar surface area (TPSA) is 43.9 Å². The Morgan fingerprint density at radius 2 is 1.82 bits per heavy atom. The quantitative estimate of drug-likeness (QED) is 0.436. The Morgan fingerprint density at radius 3 is 2.49 bits per heavy atom. The van der Waals surface area contributed by atoms with Gasteiger partial charge in [-0.25, -0.2) is 4.79 Å². The fourth-order valence-corrected chi connectivity index (χ4v) is 6.64. The highest BCUT2D eigenvalue weighted by atomic mass is 19.4. The number of carbonyl (C=O) groups excluding carboxylic acids is 2. The molecule has 5 nitrogen and oxygen atoms in total. The smallest absolute Gasteiger partial charge is 0.374 e. The van der Waals surface area contributed by atoms with E-state index in [0.717, 1.165) is 54.9 Å². The van der Waals surface area contributed by atoms with Gasteiger partial charge in [0, 0.05) is 50.8 Å². The second-order valence-corrected chi connectivity index (χ2v) is 11.4. The minimum Gasteiger partial charge on any atom is -0.374 e. The molecule has 8 heteroatoms. The van der Waals surface area contributed by atoms with Gasteiger partial charge in [0.1, 0.15) is 0 Å². The normalized spacial score (nSPS) is 24.0. The number of ketones is 1. The molecule has 0 radical (unpaired) electrons. The lowest BCUT2D eigenvalue weighted by molar-refractivity contribution is -0.137. The van der Waals surface area contributed by atoms with E-state index >= 15 is 0 Å². The molecule has 0 N–H and O–H groups in total. The lowest BCUT2D eigenvalue weighted by Gasteiger charge is -2.45. The number of hydrogen-bond donors (Lipinski definition) is 0. The van der Waals surface area contributed by atoms with Crippen molar-refractivity contribution in [2.24, 2.45) is 11.8 Å². The van der Waals surface area contributed by atoms with Gasteiger partial charge in [-0.1, -0.05) is 35.9 Å². The zero-order valence-corrected chi connectivity index (χ0v) is 23.0. The van der Waals surface area contributed by atoms with Crippen LogP contribution in [0.15, 0.2) is 54.2 Å². The molecule has 2 fully saturated rings. The third-order valence-electron chi connectivity index (χ3n) is 8.88. The molecule has 2 amide bonds. The van der Waals surface area contributed by atoms with Crippen LogP contribution in [0.5, 0.6) is 0 Å². The number of fused-ring (bicyclic) bond motifs is 1. The Kier molecular flexibility index (Phi) is 7.25. The van der Waals surface area contributed by atoms with E-state index < -0.39 is 17.8 Å². The first-order chi connectivity index (χ1) is 18.4. The number of hydrogen-bond acceptors (Lipinski definition) is 3. The molecule has 0 spiro atoms. The summed E-state index contributed by atoms with van der Waals surface area (Å²) in [4.78, 5) is 31.9. The van der Waals surface area contributed by atoms with Gasteiger partial charge in [-0.05, 0) is 68.4 Å². The predicted molar refractivity (Wildman–Crippen MR) is 144 cm³/mol. The van der Waals surface area contributed by atoms with E-state index in [4.69, 9.17) is 0 Å². The van der Waals surface area contributed by atoms with Gasteiger partial charge in [-0.2, -0.15) is 13.2 Å². The third kappa shape index (κ3) is 5.30. The van der Waals surface area contributed by atoms with E-state index in [2.05, 4.69) is 24.0 Å². The standard InChI is InChI=1S/C31H36F3N3O2/c1-19-13-23(15-24(14-19)31(32,33)34)21(3)35(4)30(39)37-12-11-22-17-36(25-9-10-26(38)16-25)18-28(22)29(37)27-8-6-5-7-20(27)2/h5-8,13-16,21-22,28-29H,9-12,17-18H2,1-4H3/t21-,22-,28?,29+/m1/s1. The van der Waals surface area contributed by atoms with Gasteiger partial charge in [-0.3, -0.25) is 4.79 Å². The first-order valence-corrected chi connectivity index (χ1v) is 13.7. The Hall–Kier alpha value is -3.29. The molecule has 0 bridgehead atoms. The summed E-state index contributed by atoms with van der Waals surface area (Å²) in [5.74, 6) is 0.761. The van der Waals surface area contributed by atoms with Gasteiger partial charge < -0.3 is 14.7 Å². The Labute approximate surface area is 228 Å². The summed E-state index contributed by atoms with van der Waals surface area (Å²) in [5.41, 5.74) is 3.59. The summed E-state index contributed by atoms with van der Waals surface area (Å²) in [7, 11) is 1.68. The fourth-order valence-electron chi connectivity index (χ4n) is 6.64. The van der Waals surface area contributed by atoms with E-state index in [1.54, 1.807) is 37.9 Å². The summed E-state index contributed by atoms with van der Waals surface area (Å²) in [5, 5.41) is 0. The molecule has 0 aromatic heterocycles. The molecule has 0 saturated carbocycles. The van der Waals surface area contributed by atoms with Crippen LogP contribution in [0.25, 0.3) is 0 Å². The van der Waals surface area contributed by atoms with E-state index in [9.17, 15) is 22.8 Å². The van der Waals surface area contributed by atoms with Crippen LogP contribution in [0.1, 0.15) is 66.1 Å². The number of benzene rings is 2. The lowest BCUT2D eigenvalue weighted by atomic mass is 9.78. The Morgan fingerprint density at radius 1 is 1.08 bits per heavy atom. The van der Waals surface area contributed by atoms with Crippen LogP contribution >= 0.6 is 0 Å². The molecule has 5 rings (SSSR count). The minimum absolute atomic E-state index is 0.155. The molecule has 4 atom stereocenters. The van der Waals surface area contributed by atoms with Crippen LogP contribution in [0.2, 0.25) is 0 Å². The number of piperidine rings is 1. The SMILES string of the molecule is Cc1cc([C@@H](C)N(C)C(=O)N2CC[C@@H]3CN(C4=CC(=O)CC4)CC3[C@@H]2c2ccccc2C)cc(C(F)(F)F)c1. The van der Waals surface area contributed by atoms with E-state index in [1.807, 2.05) is 17.0 Å². The first-order valence-electron chi connectivity index (χ1n) is 13.7. The summed E-state index contributed by atoms with van der Waals surface area (Å²) < 4.78 is 40.5. The van der Waals surface area contributed by atoms with Gasteiger partial charge in [0.2, 0.25) is 0 Å². The maximum atomic E-state index is 14.1. The van der Waals surface area contributed by atoms with E-state index in [-0.39, 0.29) is 23.8 Å². The number of amides is 2. The fraction of sp³-hybridized carbons (Fsp3) is 0.484. The van der Waals surface area contributed by atoms with Crippen LogP contribution in [0.3, 0.4) is 0 Å². The number of allylic oxidation sites excluding steroid dienone is 2. The number of likely N-dealkylation sites (tertiary alicyclic amines) is 2. The average molecular weight is 540 g/mol. The third-order valence-corrected chi connectivity index (χ3v) is 8.88. The second kappa shape index (κ2) is 10.4. The van der Waals surface area contributed by atoms with Crippen molar-refractivity contribution in [3.05, 3.63) is 82.1 Å². The highest BCUT2D eigenvalue weighted by molar-refractivity contribution is 5.92. The van der Waals surface area contributed by atoms with Crippen LogP contribution < -0.4 is 0 Å². The van der Waals surface area contributed by atoms with E-state index in [0.29, 0.717) is 30.0 Å². The van der Waals surface area contributed by atoms with Gasteiger partial charge in [0.05, 0.1) is 17.6 Å². The van der Waals surface area contributed by atoms with Crippen molar-refractivity contribution in [2.45, 2.75) is 58.3 Å². The van der Waals surface area contributed by atoms with Crippen LogP contribution in [-0.2, 0) is 11.0 Å². The summed E-state index contributed by atoms with van der Waals surface area (Å²) in [6.45, 7) is 7.71. The molecular formula is C31H36F3N3O2. The highest BCUT2D eigenvalue weighted by Crippen LogP contribution is 2.46. The summed E-state index contributed by atoms with van der Waals surface area (Å²) in [6, 6.07) is 11.3. The maximum Gasteiger partial charge on any atom is 0.416 e. The molecule has 208 valence electrons. The van der Waals surface area contributed by atoms with Gasteiger partial charge in [0.25, 0.3) is 0 Å². The monoisotopic (exact) mass is 539 g/mol. The van der Waals surface area contributed by atoms with E-state index in [1.165, 1.54) is 0 Å². The number of rotatable bonds is 4. The van der Waals surface area contributed by atoms with Crippen molar-refractivity contribution in [3.63, 3.8) is 0 Å². The molecule has 39 heavy (non-hydrogen) atoms. The predicted octanol–water partition coefficient (Wildman–Crippen LogP) is 6.68. The molecule has 1 aliphatic carbocycles. The summed E-state index contributed by atoms with van der Waals surface area (Å²) in [6.07, 6.45) is -0.497. The van der Waals surface area contributed by atoms with Crippen molar-refractivity contribution in [2.75, 3.05) is 26.7 Å². The molecule has 2 saturated heterocycles. The maximum absolute atomic E-state index is 14.1. The molecule has 1 unspecified atom stereocenters. The highest BCUT2D eigenvalue weighted by Gasteiger charge is 2.47. The zero-order chi connectivity index (χ0) is 28.1.